The number of nitrogens with one attached hydrogen (secondary N) is 1. The second-order valence-corrected chi connectivity index (χ2v) is 8.12. The van der Waals surface area contributed by atoms with E-state index >= 15 is 0 Å². The quantitative estimate of drug-likeness (QED) is 0.475. The summed E-state index contributed by atoms with van der Waals surface area (Å²) >= 11 is 4.90. The molecule has 124 valence electrons. The third-order valence-electron chi connectivity index (χ3n) is 3.61. The van der Waals surface area contributed by atoms with Gasteiger partial charge >= 0.3 is 0 Å². The molecular weight excluding hydrogens is 368 g/mol. The lowest BCUT2D eigenvalue weighted by Gasteiger charge is -2.09. The number of carbonyl (C=O) groups is 1. The Labute approximate surface area is 157 Å². The van der Waals surface area contributed by atoms with Gasteiger partial charge in [-0.3, -0.25) is 4.79 Å². The molecule has 25 heavy (non-hydrogen) atoms. The van der Waals surface area contributed by atoms with E-state index in [0.717, 1.165) is 31.7 Å². The smallest absolute Gasteiger partial charge is 0.230 e. The Morgan fingerprint density at radius 2 is 1.68 bits per heavy atom. The first-order valence-electron chi connectivity index (χ1n) is 7.70. The van der Waals surface area contributed by atoms with Gasteiger partial charge in [-0.2, -0.15) is 0 Å². The first-order chi connectivity index (χ1) is 12.3. The van der Waals surface area contributed by atoms with Crippen molar-refractivity contribution in [2.75, 3.05) is 5.32 Å². The molecule has 4 aromatic rings. The summed E-state index contributed by atoms with van der Waals surface area (Å²) in [7, 11) is 0. The minimum Gasteiger partial charge on any atom is -0.325 e. The number of carbonyl (C=O) groups excluding carboxylic acids is 1. The lowest BCUT2D eigenvalue weighted by atomic mass is 10.1. The molecule has 0 unspecified atom stereocenters. The molecule has 1 N–H and O–H groups in total. The van der Waals surface area contributed by atoms with Gasteiger partial charge in [0.1, 0.15) is 5.01 Å². The normalized spacial score (nSPS) is 10.7. The number of amides is 1. The largest absolute Gasteiger partial charge is 0.325 e. The molecule has 0 aliphatic carbocycles. The maximum Gasteiger partial charge on any atom is 0.230 e. The van der Waals surface area contributed by atoms with Crippen LogP contribution in [0.3, 0.4) is 0 Å². The van der Waals surface area contributed by atoms with Gasteiger partial charge in [0.2, 0.25) is 5.91 Å². The number of nitrogens with zero attached hydrogens (tertiary/aromatic N) is 1. The summed E-state index contributed by atoms with van der Waals surface area (Å²) in [6.07, 6.45) is 0.278. The molecule has 0 saturated carbocycles. The molecule has 3 nitrogen and oxygen atoms in total. The van der Waals surface area contributed by atoms with Crippen molar-refractivity contribution >= 4 is 45.6 Å². The Morgan fingerprint density at radius 3 is 2.44 bits per heavy atom. The number of aromatic nitrogens is 1. The first kappa shape index (κ1) is 16.2. The highest BCUT2D eigenvalue weighted by molar-refractivity contribution is 7.20. The van der Waals surface area contributed by atoms with E-state index in [-0.39, 0.29) is 12.3 Å². The Morgan fingerprint density at radius 1 is 0.920 bits per heavy atom. The van der Waals surface area contributed by atoms with Crippen molar-refractivity contribution in [2.45, 2.75) is 6.42 Å². The highest BCUT2D eigenvalue weighted by atomic mass is 32.1. The monoisotopic (exact) mass is 382 g/mol. The van der Waals surface area contributed by atoms with E-state index in [1.807, 2.05) is 58.6 Å². The van der Waals surface area contributed by atoms with Gasteiger partial charge in [0, 0.05) is 21.5 Å². The summed E-state index contributed by atoms with van der Waals surface area (Å²) in [6.45, 7) is 0. The van der Waals surface area contributed by atoms with Crippen LogP contribution < -0.4 is 5.32 Å². The van der Waals surface area contributed by atoms with Gasteiger partial charge < -0.3 is 5.32 Å². The molecule has 3 heterocycles. The Hall–Kier alpha value is -2.28. The number of anilines is 1. The van der Waals surface area contributed by atoms with Crippen LogP contribution in [0, 0.1) is 0 Å². The fourth-order valence-electron chi connectivity index (χ4n) is 2.50. The predicted octanol–water partition coefficient (Wildman–Crippen LogP) is 5.78. The van der Waals surface area contributed by atoms with Crippen LogP contribution in [0.25, 0.3) is 20.3 Å². The third kappa shape index (κ3) is 3.71. The van der Waals surface area contributed by atoms with Crippen molar-refractivity contribution in [3.63, 3.8) is 0 Å². The predicted molar refractivity (Wildman–Crippen MR) is 108 cm³/mol. The Kier molecular flexibility index (Phi) is 4.74. The van der Waals surface area contributed by atoms with Gasteiger partial charge in [-0.1, -0.05) is 30.3 Å². The van der Waals surface area contributed by atoms with Crippen LogP contribution in [0.2, 0.25) is 0 Å². The standard InChI is InChI=1S/C19H14N2OS3/c22-18(11-13-12-25-19(20-13)17-8-4-10-24-17)21-15-6-2-1-5-14(15)16-7-3-9-23-16/h1-10,12H,11H2,(H,21,22). The molecule has 4 rings (SSSR count). The zero-order valence-corrected chi connectivity index (χ0v) is 15.6. The summed E-state index contributed by atoms with van der Waals surface area (Å²) in [5.41, 5.74) is 2.69. The molecule has 0 aliphatic rings. The fourth-order valence-corrected chi connectivity index (χ4v) is 4.90. The van der Waals surface area contributed by atoms with Crippen molar-refractivity contribution in [1.29, 1.82) is 0 Å². The lowest BCUT2D eigenvalue weighted by Crippen LogP contribution is -2.15. The summed E-state index contributed by atoms with van der Waals surface area (Å²) < 4.78 is 0. The molecule has 3 aromatic heterocycles. The van der Waals surface area contributed by atoms with Gasteiger partial charge in [0.25, 0.3) is 0 Å². The fraction of sp³-hybridized carbons (Fsp3) is 0.0526. The van der Waals surface area contributed by atoms with E-state index in [4.69, 9.17) is 0 Å². The molecule has 0 aliphatic heterocycles. The Bertz CT molecular complexity index is 972. The zero-order valence-electron chi connectivity index (χ0n) is 13.1. The second kappa shape index (κ2) is 7.31. The third-order valence-corrected chi connectivity index (χ3v) is 6.45. The SMILES string of the molecule is O=C(Cc1csc(-c2cccs2)n1)Nc1ccccc1-c1cccs1. The van der Waals surface area contributed by atoms with Gasteiger partial charge in [0.15, 0.2) is 0 Å². The van der Waals surface area contributed by atoms with Gasteiger partial charge in [-0.15, -0.1) is 34.0 Å². The summed E-state index contributed by atoms with van der Waals surface area (Å²) in [5, 5.41) is 10.0. The molecular formula is C19H14N2OS3. The number of thiophene rings is 2. The molecule has 1 aromatic carbocycles. The van der Waals surface area contributed by atoms with E-state index < -0.39 is 0 Å². The van der Waals surface area contributed by atoms with Crippen LogP contribution in [-0.4, -0.2) is 10.9 Å². The van der Waals surface area contributed by atoms with Gasteiger partial charge in [-0.05, 0) is 29.0 Å². The van der Waals surface area contributed by atoms with E-state index in [0.29, 0.717) is 0 Å². The van der Waals surface area contributed by atoms with E-state index in [9.17, 15) is 4.79 Å². The van der Waals surface area contributed by atoms with Crippen LogP contribution in [0.5, 0.6) is 0 Å². The second-order valence-electron chi connectivity index (χ2n) is 5.37. The number of para-hydroxylation sites is 1. The zero-order chi connectivity index (χ0) is 17.1. The van der Waals surface area contributed by atoms with Crippen molar-refractivity contribution in [2.24, 2.45) is 0 Å². The number of rotatable bonds is 5. The average molecular weight is 383 g/mol. The minimum atomic E-state index is -0.0490. The molecule has 0 atom stereocenters. The number of hydrogen-bond acceptors (Lipinski definition) is 5. The van der Waals surface area contributed by atoms with Crippen molar-refractivity contribution in [3.05, 3.63) is 70.4 Å². The first-order valence-corrected chi connectivity index (χ1v) is 10.3. The maximum atomic E-state index is 12.5. The van der Waals surface area contributed by atoms with Crippen molar-refractivity contribution < 1.29 is 4.79 Å². The minimum absolute atomic E-state index is 0.0490. The van der Waals surface area contributed by atoms with Crippen molar-refractivity contribution in [3.8, 4) is 20.3 Å². The maximum absolute atomic E-state index is 12.5. The topological polar surface area (TPSA) is 42.0 Å². The van der Waals surface area contributed by atoms with Crippen LogP contribution in [0.4, 0.5) is 5.69 Å². The molecule has 1 amide bonds. The van der Waals surface area contributed by atoms with Crippen LogP contribution in [-0.2, 0) is 11.2 Å². The average Bonchev–Trinajstić information content (AvgIpc) is 3.37. The number of hydrogen-bond donors (Lipinski definition) is 1. The molecule has 0 spiro atoms. The molecule has 0 saturated heterocycles. The van der Waals surface area contributed by atoms with Crippen LogP contribution in [0.15, 0.2) is 64.7 Å². The Balaban J connectivity index is 1.48. The van der Waals surface area contributed by atoms with Crippen LogP contribution >= 0.6 is 34.0 Å². The molecule has 0 radical (unpaired) electrons. The summed E-state index contributed by atoms with van der Waals surface area (Å²) in [5.74, 6) is -0.0490. The van der Waals surface area contributed by atoms with E-state index in [1.165, 1.54) is 0 Å². The number of benzene rings is 1. The molecule has 0 fully saturated rings. The highest BCUT2D eigenvalue weighted by Crippen LogP contribution is 2.32. The number of thiazole rings is 1. The van der Waals surface area contributed by atoms with Gasteiger partial charge in [0.05, 0.1) is 17.0 Å². The molecule has 6 heteroatoms. The summed E-state index contributed by atoms with van der Waals surface area (Å²) in [6, 6.07) is 16.0. The van der Waals surface area contributed by atoms with E-state index in [1.54, 1.807) is 34.0 Å². The van der Waals surface area contributed by atoms with Gasteiger partial charge in [-0.25, -0.2) is 4.98 Å². The highest BCUT2D eigenvalue weighted by Gasteiger charge is 2.12. The van der Waals surface area contributed by atoms with E-state index in [2.05, 4.69) is 16.4 Å². The van der Waals surface area contributed by atoms with Crippen molar-refractivity contribution in [1.82, 2.24) is 4.98 Å². The summed E-state index contributed by atoms with van der Waals surface area (Å²) in [4.78, 5) is 19.3. The van der Waals surface area contributed by atoms with Crippen LogP contribution in [0.1, 0.15) is 5.69 Å². The lowest BCUT2D eigenvalue weighted by molar-refractivity contribution is -0.115. The molecule has 0 bridgehead atoms.